The average Bonchev–Trinajstić information content (AvgIpc) is 3.02. The largest absolute Gasteiger partial charge is 0.369 e. The van der Waals surface area contributed by atoms with E-state index in [-0.39, 0.29) is 11.3 Å². The fraction of sp³-hybridized carbons (Fsp3) is 0.188. The van der Waals surface area contributed by atoms with Crippen LogP contribution in [0, 0.1) is 0 Å². The molecule has 118 valence electrons. The summed E-state index contributed by atoms with van der Waals surface area (Å²) in [4.78, 5) is 28.2. The van der Waals surface area contributed by atoms with Crippen LogP contribution in [-0.2, 0) is 17.8 Å². The molecule has 1 amide bonds. The van der Waals surface area contributed by atoms with E-state index in [4.69, 9.17) is 5.73 Å². The number of aromatic nitrogens is 2. The lowest BCUT2D eigenvalue weighted by Crippen LogP contribution is -2.24. The number of primary amides is 1. The number of nitrogens with zero attached hydrogens (tertiary/aromatic N) is 2. The van der Waals surface area contributed by atoms with Crippen LogP contribution in [0.25, 0.3) is 10.2 Å². The number of thioether (sulfide) groups is 1. The molecule has 0 fully saturated rings. The molecule has 0 unspecified atom stereocenters. The van der Waals surface area contributed by atoms with Gasteiger partial charge in [-0.05, 0) is 23.4 Å². The predicted octanol–water partition coefficient (Wildman–Crippen LogP) is 2.28. The highest BCUT2D eigenvalue weighted by Gasteiger charge is 2.13. The van der Waals surface area contributed by atoms with Crippen molar-refractivity contribution in [2.45, 2.75) is 18.1 Å². The highest BCUT2D eigenvalue weighted by atomic mass is 32.2. The van der Waals surface area contributed by atoms with Gasteiger partial charge in [-0.3, -0.25) is 14.2 Å². The van der Waals surface area contributed by atoms with Crippen molar-refractivity contribution in [3.8, 4) is 0 Å². The molecule has 0 atom stereocenters. The van der Waals surface area contributed by atoms with E-state index in [1.165, 1.54) is 23.1 Å². The fourth-order valence-electron chi connectivity index (χ4n) is 2.25. The number of aryl methyl sites for hydroxylation is 1. The van der Waals surface area contributed by atoms with Gasteiger partial charge >= 0.3 is 0 Å². The molecule has 0 bridgehead atoms. The van der Waals surface area contributed by atoms with Gasteiger partial charge in [-0.15, -0.1) is 11.3 Å². The first kappa shape index (κ1) is 15.8. The maximum absolute atomic E-state index is 12.7. The lowest BCUT2D eigenvalue weighted by Gasteiger charge is -2.11. The topological polar surface area (TPSA) is 78.0 Å². The van der Waals surface area contributed by atoms with E-state index < -0.39 is 5.91 Å². The zero-order chi connectivity index (χ0) is 16.2. The summed E-state index contributed by atoms with van der Waals surface area (Å²) in [5.41, 5.74) is 6.97. The molecule has 0 aliphatic heterocycles. The normalized spacial score (nSPS) is 11.0. The maximum Gasteiger partial charge on any atom is 0.272 e. The van der Waals surface area contributed by atoms with Crippen molar-refractivity contribution < 1.29 is 4.79 Å². The SMILES string of the molecule is NC(=O)CSc1nc2ccsc2c(=O)n1CCc1ccccc1. The van der Waals surface area contributed by atoms with Gasteiger partial charge in [-0.1, -0.05) is 42.1 Å². The number of nitrogens with two attached hydrogens (primary N) is 1. The van der Waals surface area contributed by atoms with E-state index in [2.05, 4.69) is 4.98 Å². The van der Waals surface area contributed by atoms with Crippen LogP contribution in [0.4, 0.5) is 0 Å². The Morgan fingerprint density at radius 1 is 1.26 bits per heavy atom. The average molecular weight is 345 g/mol. The molecular weight excluding hydrogens is 330 g/mol. The molecule has 0 saturated heterocycles. The van der Waals surface area contributed by atoms with Crippen molar-refractivity contribution in [2.75, 3.05) is 5.75 Å². The van der Waals surface area contributed by atoms with Crippen molar-refractivity contribution in [3.63, 3.8) is 0 Å². The third-order valence-electron chi connectivity index (χ3n) is 3.34. The Hall–Kier alpha value is -2.12. The Labute approximate surface area is 141 Å². The third-order valence-corrected chi connectivity index (χ3v) is 5.23. The van der Waals surface area contributed by atoms with Crippen molar-refractivity contribution in [3.05, 3.63) is 57.7 Å². The van der Waals surface area contributed by atoms with Gasteiger partial charge in [-0.25, -0.2) is 4.98 Å². The highest BCUT2D eigenvalue weighted by Crippen LogP contribution is 2.21. The zero-order valence-electron chi connectivity index (χ0n) is 12.3. The molecule has 0 spiro atoms. The number of carbonyl (C=O) groups is 1. The molecule has 0 radical (unpaired) electrons. The van der Waals surface area contributed by atoms with Crippen molar-refractivity contribution in [1.29, 1.82) is 0 Å². The summed E-state index contributed by atoms with van der Waals surface area (Å²) < 4.78 is 2.28. The molecule has 5 nitrogen and oxygen atoms in total. The van der Waals surface area contributed by atoms with E-state index in [9.17, 15) is 9.59 Å². The second-order valence-corrected chi connectivity index (χ2v) is 6.84. The number of carbonyl (C=O) groups excluding carboxylic acids is 1. The summed E-state index contributed by atoms with van der Waals surface area (Å²) in [6.07, 6.45) is 0.726. The first-order valence-electron chi connectivity index (χ1n) is 7.08. The van der Waals surface area contributed by atoms with E-state index in [1.807, 2.05) is 41.8 Å². The number of hydrogen-bond acceptors (Lipinski definition) is 5. The quantitative estimate of drug-likeness (QED) is 0.549. The maximum atomic E-state index is 12.7. The number of hydrogen-bond donors (Lipinski definition) is 1. The number of amides is 1. The van der Waals surface area contributed by atoms with Crippen LogP contribution >= 0.6 is 23.1 Å². The standard InChI is InChI=1S/C16H15N3O2S2/c17-13(20)10-23-16-18-12-7-9-22-14(12)15(21)19(16)8-6-11-4-2-1-3-5-11/h1-5,7,9H,6,8,10H2,(H2,17,20). The smallest absolute Gasteiger partial charge is 0.272 e. The summed E-state index contributed by atoms with van der Waals surface area (Å²) in [6.45, 7) is 0.519. The summed E-state index contributed by atoms with van der Waals surface area (Å²) in [5.74, 6) is -0.322. The summed E-state index contributed by atoms with van der Waals surface area (Å²) in [6, 6.07) is 11.8. The number of fused-ring (bicyclic) bond motifs is 1. The molecule has 2 heterocycles. The van der Waals surface area contributed by atoms with Crippen LogP contribution in [0.5, 0.6) is 0 Å². The minimum atomic E-state index is -0.427. The number of thiophene rings is 1. The Morgan fingerprint density at radius 3 is 2.78 bits per heavy atom. The van der Waals surface area contributed by atoms with Crippen LogP contribution in [0.3, 0.4) is 0 Å². The molecule has 2 aromatic heterocycles. The fourth-order valence-corrected chi connectivity index (χ4v) is 3.79. The summed E-state index contributed by atoms with van der Waals surface area (Å²) in [7, 11) is 0. The highest BCUT2D eigenvalue weighted by molar-refractivity contribution is 7.99. The van der Waals surface area contributed by atoms with Crippen LogP contribution in [-0.4, -0.2) is 21.2 Å². The number of rotatable bonds is 6. The van der Waals surface area contributed by atoms with Crippen molar-refractivity contribution >= 4 is 39.2 Å². The molecule has 23 heavy (non-hydrogen) atoms. The van der Waals surface area contributed by atoms with Crippen LogP contribution in [0.2, 0.25) is 0 Å². The van der Waals surface area contributed by atoms with Crippen LogP contribution in [0.1, 0.15) is 5.56 Å². The molecule has 2 N–H and O–H groups in total. The van der Waals surface area contributed by atoms with Crippen molar-refractivity contribution in [1.82, 2.24) is 9.55 Å². The van der Waals surface area contributed by atoms with Gasteiger partial charge in [0.25, 0.3) is 5.56 Å². The van der Waals surface area contributed by atoms with Crippen molar-refractivity contribution in [2.24, 2.45) is 5.73 Å². The first-order valence-corrected chi connectivity index (χ1v) is 8.95. The van der Waals surface area contributed by atoms with Gasteiger partial charge in [0.2, 0.25) is 5.91 Å². The van der Waals surface area contributed by atoms with Gasteiger partial charge in [-0.2, -0.15) is 0 Å². The first-order chi connectivity index (χ1) is 11.1. The van der Waals surface area contributed by atoms with Gasteiger partial charge in [0, 0.05) is 6.54 Å². The summed E-state index contributed by atoms with van der Waals surface area (Å²) >= 11 is 2.59. The second kappa shape index (κ2) is 6.97. The molecule has 1 aromatic carbocycles. The molecule has 3 aromatic rings. The number of benzene rings is 1. The Kier molecular flexibility index (Phi) is 4.78. The van der Waals surface area contributed by atoms with Gasteiger partial charge in [0.1, 0.15) is 4.70 Å². The van der Waals surface area contributed by atoms with Gasteiger partial charge in [0.15, 0.2) is 5.16 Å². The van der Waals surface area contributed by atoms with Crippen LogP contribution in [0.15, 0.2) is 51.7 Å². The molecular formula is C16H15N3O2S2. The molecule has 0 aliphatic rings. The van der Waals surface area contributed by atoms with E-state index in [0.717, 1.165) is 12.0 Å². The lowest BCUT2D eigenvalue weighted by molar-refractivity contribution is -0.115. The zero-order valence-corrected chi connectivity index (χ0v) is 13.9. The van der Waals surface area contributed by atoms with E-state index in [0.29, 0.717) is 21.9 Å². The van der Waals surface area contributed by atoms with Gasteiger partial charge in [0.05, 0.1) is 11.3 Å². The minimum absolute atomic E-state index is 0.0621. The summed E-state index contributed by atoms with van der Waals surface area (Å²) in [5, 5.41) is 2.39. The van der Waals surface area contributed by atoms with E-state index >= 15 is 0 Å². The predicted molar refractivity (Wildman–Crippen MR) is 93.9 cm³/mol. The Bertz CT molecular complexity index is 887. The Balaban J connectivity index is 1.94. The van der Waals surface area contributed by atoms with E-state index in [1.54, 1.807) is 4.57 Å². The minimum Gasteiger partial charge on any atom is -0.369 e. The Morgan fingerprint density at radius 2 is 2.04 bits per heavy atom. The molecule has 0 saturated carbocycles. The monoisotopic (exact) mass is 345 g/mol. The third kappa shape index (κ3) is 3.62. The van der Waals surface area contributed by atoms with Gasteiger partial charge < -0.3 is 5.73 Å². The molecule has 7 heteroatoms. The van der Waals surface area contributed by atoms with Crippen LogP contribution < -0.4 is 11.3 Å². The second-order valence-electron chi connectivity index (χ2n) is 4.98. The molecule has 0 aliphatic carbocycles. The molecule has 3 rings (SSSR count). The lowest BCUT2D eigenvalue weighted by atomic mass is 10.1.